The molecular formula is C18H28N2O2. The zero-order valence-corrected chi connectivity index (χ0v) is 13.5. The number of aliphatic carboxylic acids is 1. The number of hydrogen-bond acceptors (Lipinski definition) is 3. The van der Waals surface area contributed by atoms with Gasteiger partial charge in [-0.15, -0.1) is 0 Å². The molecule has 122 valence electrons. The summed E-state index contributed by atoms with van der Waals surface area (Å²) in [6.07, 6.45) is 6.55. The van der Waals surface area contributed by atoms with Crippen LogP contribution in [0.25, 0.3) is 0 Å². The third-order valence-corrected chi connectivity index (χ3v) is 4.21. The number of fused-ring (bicyclic) bond motifs is 1. The van der Waals surface area contributed by atoms with Crippen molar-refractivity contribution in [2.45, 2.75) is 57.9 Å². The van der Waals surface area contributed by atoms with E-state index in [-0.39, 0.29) is 0 Å². The van der Waals surface area contributed by atoms with Crippen LogP contribution in [0.3, 0.4) is 0 Å². The first-order valence-electron chi connectivity index (χ1n) is 8.46. The van der Waals surface area contributed by atoms with Crippen molar-refractivity contribution in [3.8, 4) is 0 Å². The molecule has 0 saturated heterocycles. The lowest BCUT2D eigenvalue weighted by Gasteiger charge is -2.20. The van der Waals surface area contributed by atoms with Crippen LogP contribution in [0.4, 0.5) is 5.69 Å². The molecule has 1 aliphatic rings. The van der Waals surface area contributed by atoms with Gasteiger partial charge in [0.2, 0.25) is 0 Å². The maximum absolute atomic E-state index is 10.4. The predicted molar refractivity (Wildman–Crippen MR) is 90.5 cm³/mol. The van der Waals surface area contributed by atoms with Crippen LogP contribution in [0.2, 0.25) is 0 Å². The summed E-state index contributed by atoms with van der Waals surface area (Å²) in [6, 6.07) is 7.23. The summed E-state index contributed by atoms with van der Waals surface area (Å²) in [5.41, 5.74) is 4.15. The Labute approximate surface area is 133 Å². The minimum Gasteiger partial charge on any atom is -0.481 e. The minimum absolute atomic E-state index is 0.290. The molecule has 1 aliphatic heterocycles. The molecule has 0 bridgehead atoms. The molecule has 2 rings (SSSR count). The summed E-state index contributed by atoms with van der Waals surface area (Å²) in [7, 11) is 0. The lowest BCUT2D eigenvalue weighted by Crippen LogP contribution is -2.29. The maximum Gasteiger partial charge on any atom is 0.303 e. The summed E-state index contributed by atoms with van der Waals surface area (Å²) in [4.78, 5) is 10.4. The molecule has 0 amide bonds. The van der Waals surface area contributed by atoms with Gasteiger partial charge in [0.05, 0.1) is 0 Å². The summed E-state index contributed by atoms with van der Waals surface area (Å²) in [6.45, 7) is 4.27. The summed E-state index contributed by atoms with van der Waals surface area (Å²) < 4.78 is 0. The second kappa shape index (κ2) is 8.79. The van der Waals surface area contributed by atoms with Gasteiger partial charge in [-0.25, -0.2) is 0 Å². The first kappa shape index (κ1) is 16.8. The molecule has 0 fully saturated rings. The second-order valence-corrected chi connectivity index (χ2v) is 6.29. The summed E-state index contributed by atoms with van der Waals surface area (Å²) in [5, 5.41) is 15.6. The van der Waals surface area contributed by atoms with E-state index in [9.17, 15) is 4.79 Å². The fraction of sp³-hybridized carbons (Fsp3) is 0.611. The van der Waals surface area contributed by atoms with E-state index < -0.39 is 5.97 Å². The van der Waals surface area contributed by atoms with Crippen molar-refractivity contribution in [1.82, 2.24) is 5.32 Å². The SMILES string of the molecule is CC(Cc1ccc2c(c1)CCCN2)NCCCCCC(=O)O. The number of carbonyl (C=O) groups is 1. The fourth-order valence-electron chi connectivity index (χ4n) is 3.01. The van der Waals surface area contributed by atoms with E-state index in [4.69, 9.17) is 5.11 Å². The number of anilines is 1. The lowest BCUT2D eigenvalue weighted by atomic mass is 9.98. The van der Waals surface area contributed by atoms with Crippen LogP contribution in [0.5, 0.6) is 0 Å². The van der Waals surface area contributed by atoms with E-state index >= 15 is 0 Å². The van der Waals surface area contributed by atoms with Crippen molar-refractivity contribution >= 4 is 11.7 Å². The van der Waals surface area contributed by atoms with Crippen LogP contribution in [-0.2, 0) is 17.6 Å². The molecule has 22 heavy (non-hydrogen) atoms. The molecule has 0 aromatic heterocycles. The Bertz CT molecular complexity index is 488. The third kappa shape index (κ3) is 5.68. The first-order chi connectivity index (χ1) is 10.6. The summed E-state index contributed by atoms with van der Waals surface area (Å²) in [5.74, 6) is -0.691. The van der Waals surface area contributed by atoms with Crippen LogP contribution in [0.1, 0.15) is 50.2 Å². The van der Waals surface area contributed by atoms with Gasteiger partial charge in [-0.2, -0.15) is 0 Å². The normalized spacial score (nSPS) is 15.0. The number of aryl methyl sites for hydroxylation is 1. The van der Waals surface area contributed by atoms with E-state index in [1.54, 1.807) is 0 Å². The molecule has 1 unspecified atom stereocenters. The Hall–Kier alpha value is -1.55. The quantitative estimate of drug-likeness (QED) is 0.613. The standard InChI is InChI=1S/C18H28N2O2/c1-14(19-10-4-2-3-7-18(21)22)12-15-8-9-17-16(13-15)6-5-11-20-17/h8-9,13-14,19-20H,2-7,10-12H2,1H3,(H,21,22). The van der Waals surface area contributed by atoms with Crippen molar-refractivity contribution in [2.75, 3.05) is 18.4 Å². The minimum atomic E-state index is -0.691. The zero-order valence-electron chi connectivity index (χ0n) is 13.5. The van der Waals surface area contributed by atoms with Crippen LogP contribution in [0, 0.1) is 0 Å². The van der Waals surface area contributed by atoms with Crippen molar-refractivity contribution in [3.05, 3.63) is 29.3 Å². The highest BCUT2D eigenvalue weighted by molar-refractivity contribution is 5.66. The van der Waals surface area contributed by atoms with E-state index in [0.717, 1.165) is 38.8 Å². The number of unbranched alkanes of at least 4 members (excludes halogenated alkanes) is 2. The lowest BCUT2D eigenvalue weighted by molar-refractivity contribution is -0.137. The molecule has 4 nitrogen and oxygen atoms in total. The van der Waals surface area contributed by atoms with Crippen LogP contribution in [-0.4, -0.2) is 30.2 Å². The predicted octanol–water partition coefficient (Wildman–Crippen LogP) is 3.21. The van der Waals surface area contributed by atoms with Gasteiger partial charge in [0.1, 0.15) is 0 Å². The van der Waals surface area contributed by atoms with E-state index in [2.05, 4.69) is 35.8 Å². The van der Waals surface area contributed by atoms with Gasteiger partial charge >= 0.3 is 5.97 Å². The monoisotopic (exact) mass is 304 g/mol. The van der Waals surface area contributed by atoms with Crippen molar-refractivity contribution in [1.29, 1.82) is 0 Å². The van der Waals surface area contributed by atoms with Gasteiger partial charge in [0, 0.05) is 24.7 Å². The van der Waals surface area contributed by atoms with Gasteiger partial charge in [-0.1, -0.05) is 18.6 Å². The summed E-state index contributed by atoms with van der Waals surface area (Å²) >= 11 is 0. The molecule has 1 aromatic carbocycles. The molecule has 1 atom stereocenters. The van der Waals surface area contributed by atoms with Gasteiger partial charge in [0.15, 0.2) is 0 Å². The van der Waals surface area contributed by atoms with Crippen LogP contribution >= 0.6 is 0 Å². The Morgan fingerprint density at radius 2 is 2.23 bits per heavy atom. The molecule has 0 saturated carbocycles. The fourth-order valence-corrected chi connectivity index (χ4v) is 3.01. The highest BCUT2D eigenvalue weighted by Crippen LogP contribution is 2.23. The highest BCUT2D eigenvalue weighted by Gasteiger charge is 2.10. The molecule has 4 heteroatoms. The number of hydrogen-bond donors (Lipinski definition) is 3. The molecule has 3 N–H and O–H groups in total. The largest absolute Gasteiger partial charge is 0.481 e. The van der Waals surface area contributed by atoms with Crippen molar-refractivity contribution in [3.63, 3.8) is 0 Å². The van der Waals surface area contributed by atoms with Gasteiger partial charge < -0.3 is 15.7 Å². The van der Waals surface area contributed by atoms with Gasteiger partial charge in [-0.3, -0.25) is 4.79 Å². The molecule has 0 spiro atoms. The Balaban J connectivity index is 1.66. The number of rotatable bonds is 9. The maximum atomic E-state index is 10.4. The Morgan fingerprint density at radius 1 is 1.36 bits per heavy atom. The number of nitrogens with one attached hydrogen (secondary N) is 2. The average Bonchev–Trinajstić information content (AvgIpc) is 2.50. The topological polar surface area (TPSA) is 61.4 Å². The molecule has 1 heterocycles. The third-order valence-electron chi connectivity index (χ3n) is 4.21. The van der Waals surface area contributed by atoms with Crippen LogP contribution < -0.4 is 10.6 Å². The van der Waals surface area contributed by atoms with E-state index in [1.807, 2.05) is 0 Å². The smallest absolute Gasteiger partial charge is 0.303 e. The zero-order chi connectivity index (χ0) is 15.8. The van der Waals surface area contributed by atoms with Gasteiger partial charge in [0.25, 0.3) is 0 Å². The molecular weight excluding hydrogens is 276 g/mol. The second-order valence-electron chi connectivity index (χ2n) is 6.29. The first-order valence-corrected chi connectivity index (χ1v) is 8.46. The number of carboxylic acids is 1. The Kier molecular flexibility index (Phi) is 6.72. The number of carboxylic acid groups (broad SMARTS) is 1. The number of benzene rings is 1. The van der Waals surface area contributed by atoms with Crippen molar-refractivity contribution < 1.29 is 9.90 Å². The average molecular weight is 304 g/mol. The highest BCUT2D eigenvalue weighted by atomic mass is 16.4. The van der Waals surface area contributed by atoms with E-state index in [1.165, 1.54) is 29.7 Å². The van der Waals surface area contributed by atoms with Crippen molar-refractivity contribution in [2.24, 2.45) is 0 Å². The van der Waals surface area contributed by atoms with Crippen LogP contribution in [0.15, 0.2) is 18.2 Å². The Morgan fingerprint density at radius 3 is 3.05 bits per heavy atom. The van der Waals surface area contributed by atoms with Gasteiger partial charge in [-0.05, 0) is 62.8 Å². The molecule has 0 aliphatic carbocycles. The molecule has 0 radical (unpaired) electrons. The molecule has 1 aromatic rings. The van der Waals surface area contributed by atoms with E-state index in [0.29, 0.717) is 12.5 Å².